The van der Waals surface area contributed by atoms with E-state index in [1.54, 1.807) is 0 Å². The van der Waals surface area contributed by atoms with Gasteiger partial charge in [-0.15, -0.1) is 0 Å². The molecule has 32 atom stereocenters. The van der Waals surface area contributed by atoms with Gasteiger partial charge in [-0.2, -0.15) is 0 Å². The first-order valence-electron chi connectivity index (χ1n) is 26.8. The first-order valence-corrected chi connectivity index (χ1v) is 26.8. The molecule has 1 spiro atoms. The zero-order chi connectivity index (χ0) is 56.0. The van der Waals surface area contributed by atoms with Crippen LogP contribution in [0.15, 0.2) is 12.2 Å². The Balaban J connectivity index is 0.965. The summed E-state index contributed by atoms with van der Waals surface area (Å²) in [4.78, 5) is 14.9. The molecule has 0 aromatic rings. The van der Waals surface area contributed by atoms with Crippen LogP contribution in [-0.2, 0) is 52.2 Å². The van der Waals surface area contributed by atoms with Crippen LogP contribution in [0.5, 0.6) is 0 Å². The van der Waals surface area contributed by atoms with Crippen molar-refractivity contribution in [3.63, 3.8) is 0 Å². The van der Waals surface area contributed by atoms with E-state index < -0.39 is 208 Å². The van der Waals surface area contributed by atoms with E-state index in [1.165, 1.54) is 6.92 Å². The maximum Gasteiger partial charge on any atom is 0.314 e. The van der Waals surface area contributed by atoms with E-state index in [2.05, 4.69) is 13.5 Å². The van der Waals surface area contributed by atoms with E-state index in [4.69, 9.17) is 47.4 Å². The highest BCUT2D eigenvalue weighted by molar-refractivity contribution is 5.77. The summed E-state index contributed by atoms with van der Waals surface area (Å²) in [5, 5.41) is 171. The molecule has 10 rings (SSSR count). The summed E-state index contributed by atoms with van der Waals surface area (Å²) in [7, 11) is 0. The minimum absolute atomic E-state index is 0.0364. The molecule has 0 amide bonds. The molecule has 5 aliphatic heterocycles. The number of ether oxygens (including phenoxy) is 10. The average Bonchev–Trinajstić information content (AvgIpc) is 3.52. The number of carbonyl (C=O) groups is 1. The van der Waals surface area contributed by atoms with Gasteiger partial charge in [0, 0.05) is 5.92 Å². The van der Waals surface area contributed by atoms with Crippen LogP contribution >= 0.6 is 0 Å². The number of fused-ring (bicyclic) bond motifs is 3. The van der Waals surface area contributed by atoms with Gasteiger partial charge in [0.1, 0.15) is 110 Å². The van der Waals surface area contributed by atoms with Crippen LogP contribution in [0.4, 0.5) is 0 Å². The van der Waals surface area contributed by atoms with Crippen molar-refractivity contribution >= 4 is 5.97 Å². The monoisotopic (exact) mass is 1110 g/mol. The Bertz CT molecular complexity index is 2040. The van der Waals surface area contributed by atoms with Gasteiger partial charge < -0.3 is 129 Å². The number of aliphatic hydroxyl groups excluding tert-OH is 16. The maximum atomic E-state index is 14.9. The summed E-state index contributed by atoms with van der Waals surface area (Å²) in [6.07, 6.45) is -39.0. The van der Waals surface area contributed by atoms with E-state index in [9.17, 15) is 86.5 Å². The van der Waals surface area contributed by atoms with Crippen molar-refractivity contribution < 1.29 is 134 Å². The molecule has 0 radical (unpaired) electrons. The molecule has 16 N–H and O–H groups in total. The molecule has 0 aromatic heterocycles. The van der Waals surface area contributed by atoms with Crippen molar-refractivity contribution in [1.29, 1.82) is 0 Å². The highest BCUT2D eigenvalue weighted by Gasteiger charge is 2.68. The third kappa shape index (κ3) is 10.5. The molecule has 5 aliphatic carbocycles. The Morgan fingerprint density at radius 1 is 0.532 bits per heavy atom. The van der Waals surface area contributed by atoms with Crippen LogP contribution in [0, 0.1) is 34.0 Å². The van der Waals surface area contributed by atoms with E-state index in [0.29, 0.717) is 44.9 Å². The minimum atomic E-state index is -1.98. The Hall–Kier alpha value is -1.79. The van der Waals surface area contributed by atoms with Gasteiger partial charge in [-0.3, -0.25) is 4.79 Å². The van der Waals surface area contributed by atoms with E-state index in [0.717, 1.165) is 12.0 Å². The molecule has 27 heteroatoms. The molecule has 442 valence electrons. The summed E-state index contributed by atoms with van der Waals surface area (Å²) >= 11 is 0. The number of rotatable bonds is 14. The molecule has 5 heterocycles. The average molecular weight is 1110 g/mol. The fourth-order valence-electron chi connectivity index (χ4n) is 14.8. The van der Waals surface area contributed by atoms with Crippen LogP contribution < -0.4 is 0 Å². The third-order valence-electron chi connectivity index (χ3n) is 19.1. The molecule has 0 aromatic carbocycles. The molecular weight excluding hydrogens is 1030 g/mol. The van der Waals surface area contributed by atoms with Crippen molar-refractivity contribution in [2.24, 2.45) is 34.0 Å². The van der Waals surface area contributed by atoms with Crippen molar-refractivity contribution in [2.75, 3.05) is 26.4 Å². The summed E-state index contributed by atoms with van der Waals surface area (Å²) in [6.45, 7) is 6.63. The summed E-state index contributed by atoms with van der Waals surface area (Å²) < 4.78 is 60.3. The molecule has 5 saturated heterocycles. The Morgan fingerprint density at radius 3 is 1.58 bits per heavy atom. The lowest BCUT2D eigenvalue weighted by molar-refractivity contribution is -0.398. The predicted octanol–water partition coefficient (Wildman–Crippen LogP) is -6.41. The second-order valence-electron chi connectivity index (χ2n) is 23.5. The molecule has 77 heavy (non-hydrogen) atoms. The van der Waals surface area contributed by atoms with Gasteiger partial charge in [0.15, 0.2) is 31.3 Å². The fourth-order valence-corrected chi connectivity index (χ4v) is 14.8. The molecule has 5 saturated carbocycles. The van der Waals surface area contributed by atoms with Gasteiger partial charge >= 0.3 is 5.97 Å². The lowest BCUT2D eigenvalue weighted by Gasteiger charge is -2.69. The molecule has 26 unspecified atom stereocenters. The van der Waals surface area contributed by atoms with Crippen LogP contribution in [0.3, 0.4) is 0 Å². The topological polar surface area (TPSA) is 433 Å². The number of hydrogen-bond donors (Lipinski definition) is 16. The van der Waals surface area contributed by atoms with Gasteiger partial charge in [0.2, 0.25) is 6.29 Å². The van der Waals surface area contributed by atoms with Gasteiger partial charge in [0.25, 0.3) is 0 Å². The lowest BCUT2D eigenvalue weighted by atomic mass is 9.36. The zero-order valence-corrected chi connectivity index (χ0v) is 43.1. The van der Waals surface area contributed by atoms with Crippen LogP contribution in [0.1, 0.15) is 72.1 Å². The Labute approximate surface area is 443 Å². The van der Waals surface area contributed by atoms with Crippen molar-refractivity contribution in [2.45, 2.75) is 232 Å². The molecule has 27 nitrogen and oxygen atoms in total. The second kappa shape index (κ2) is 23.1. The van der Waals surface area contributed by atoms with Gasteiger partial charge in [-0.1, -0.05) is 25.5 Å². The Kier molecular flexibility index (Phi) is 17.9. The number of aliphatic hydroxyl groups is 16. The quantitative estimate of drug-likeness (QED) is 0.0437. The summed E-state index contributed by atoms with van der Waals surface area (Å²) in [6, 6.07) is 0. The third-order valence-corrected chi connectivity index (χ3v) is 19.1. The molecule has 2 bridgehead atoms. The number of esters is 1. The largest absolute Gasteiger partial charge is 0.432 e. The van der Waals surface area contributed by atoms with Crippen LogP contribution in [0.2, 0.25) is 0 Å². The van der Waals surface area contributed by atoms with E-state index >= 15 is 0 Å². The van der Waals surface area contributed by atoms with Crippen molar-refractivity contribution in [3.8, 4) is 0 Å². The molecular formula is C50H80O27. The van der Waals surface area contributed by atoms with E-state index in [-0.39, 0.29) is 17.8 Å². The Morgan fingerprint density at radius 2 is 1.01 bits per heavy atom. The fraction of sp³-hybridized carbons (Fsp3) is 0.940. The molecule has 10 aliphatic rings. The standard InChI is InChI=1S/C50H80O27/c1-17-11-50-9-6-25-48(3,7-5-8-49(25,4)47(67)77-45-40(35(63)30(58)23(15-53)72-45)75-42-36(64)32(60)27(55)18(2)68-42)26(50)10-19(17)20(12-50)69-46-41(76-44-38(66)34(62)29(57)22(14-52)71-44)39(31(59)24(16-54)73-46)74-43-37(65)33(61)28(56)21(13-51)70-43/h18-46,51-66H,1,5-16H2,2-4H3/t18?,19?,20-,21?,22?,23?,24?,25+,26+,27?,28?,29?,30?,31?,32?,33?,34?,35?,36?,37?,38?,39?,40?,41?,42?,43?,44?,45?,46?,48-,49-,50-/m1/s1. The number of hydrogen-bond acceptors (Lipinski definition) is 27. The van der Waals surface area contributed by atoms with E-state index in [1.807, 2.05) is 6.92 Å². The summed E-state index contributed by atoms with van der Waals surface area (Å²) in [5.41, 5.74) is -1.31. The molecule has 10 fully saturated rings. The van der Waals surface area contributed by atoms with Crippen LogP contribution in [-0.4, -0.2) is 274 Å². The SMILES string of the molecule is C=C1C[C@@]23CC[C@H]4[C@@](C)(CCC[C@@]4(C)C(=O)OC4OC(CO)C(O)C(O)C4OC4OC(C)C(O)C(O)C4O)[C@@H]2CC1[C@H](OC1OC(CO)C(O)C(OC2OC(CO)C(O)C(O)C2O)C1OC1OC(CO)C(O)C(O)C1O)C3. The van der Waals surface area contributed by atoms with Gasteiger partial charge in [0.05, 0.1) is 44.1 Å². The lowest BCUT2D eigenvalue weighted by Crippen LogP contribution is -2.68. The van der Waals surface area contributed by atoms with Gasteiger partial charge in [-0.25, -0.2) is 0 Å². The minimum Gasteiger partial charge on any atom is -0.432 e. The van der Waals surface area contributed by atoms with Crippen LogP contribution in [0.25, 0.3) is 0 Å². The van der Waals surface area contributed by atoms with Crippen molar-refractivity contribution in [3.05, 3.63) is 12.2 Å². The smallest absolute Gasteiger partial charge is 0.314 e. The zero-order valence-electron chi connectivity index (χ0n) is 43.1. The predicted molar refractivity (Wildman–Crippen MR) is 250 cm³/mol. The van der Waals surface area contributed by atoms with Crippen molar-refractivity contribution in [1.82, 2.24) is 0 Å². The van der Waals surface area contributed by atoms with Gasteiger partial charge in [-0.05, 0) is 81.5 Å². The number of carbonyl (C=O) groups excluding carboxylic acids is 1. The highest BCUT2D eigenvalue weighted by atomic mass is 16.8. The first-order chi connectivity index (χ1) is 36.4. The maximum absolute atomic E-state index is 14.9. The summed E-state index contributed by atoms with van der Waals surface area (Å²) in [5.74, 6) is -1.41. The highest BCUT2D eigenvalue weighted by Crippen LogP contribution is 2.72. The normalized spacial score (nSPS) is 55.1. The second-order valence-corrected chi connectivity index (χ2v) is 23.5. The first kappa shape index (κ1) is 59.8.